The Balaban J connectivity index is 1.95. The first-order valence-electron chi connectivity index (χ1n) is 8.72. The zero-order valence-corrected chi connectivity index (χ0v) is 16.8. The smallest absolute Gasteiger partial charge is 0.275 e. The van der Waals surface area contributed by atoms with Gasteiger partial charge in [-0.1, -0.05) is 47.5 Å². The molecular weight excluding hydrogens is 381 g/mol. The summed E-state index contributed by atoms with van der Waals surface area (Å²) in [5.74, 6) is -0.0569. The standard InChI is InChI=1S/C21H19Cl2N3O/c1-21(2,3)25-12-15-18(20(25)27)24-26(17-7-5-4-6-16(17)23)19(15)13-8-10-14(22)11-9-13/h4-11H,12H2,1-3H3. The van der Waals surface area contributed by atoms with Crippen LogP contribution in [0.2, 0.25) is 10.0 Å². The van der Waals surface area contributed by atoms with E-state index in [1.807, 2.05) is 74.2 Å². The fourth-order valence-corrected chi connectivity index (χ4v) is 3.72. The molecule has 138 valence electrons. The summed E-state index contributed by atoms with van der Waals surface area (Å²) in [6.07, 6.45) is 0. The number of nitrogens with zero attached hydrogens (tertiary/aromatic N) is 3. The van der Waals surface area contributed by atoms with Crippen molar-refractivity contribution in [2.45, 2.75) is 32.9 Å². The molecule has 0 spiro atoms. The van der Waals surface area contributed by atoms with Crippen molar-refractivity contribution in [1.82, 2.24) is 14.7 Å². The molecule has 0 atom stereocenters. The Morgan fingerprint density at radius 3 is 2.30 bits per heavy atom. The highest BCUT2D eigenvalue weighted by Crippen LogP contribution is 2.38. The van der Waals surface area contributed by atoms with E-state index in [0.717, 1.165) is 22.5 Å². The highest BCUT2D eigenvalue weighted by Gasteiger charge is 2.40. The Labute approximate surface area is 168 Å². The Hall–Kier alpha value is -2.30. The van der Waals surface area contributed by atoms with E-state index in [4.69, 9.17) is 23.2 Å². The minimum atomic E-state index is -0.280. The van der Waals surface area contributed by atoms with E-state index in [0.29, 0.717) is 22.3 Å². The number of para-hydroxylation sites is 1. The van der Waals surface area contributed by atoms with Crippen LogP contribution in [0.5, 0.6) is 0 Å². The summed E-state index contributed by atoms with van der Waals surface area (Å²) in [5, 5.41) is 5.91. The van der Waals surface area contributed by atoms with E-state index in [1.54, 1.807) is 4.68 Å². The van der Waals surface area contributed by atoms with E-state index in [-0.39, 0.29) is 11.4 Å². The molecule has 4 nitrogen and oxygen atoms in total. The summed E-state index contributed by atoms with van der Waals surface area (Å²) < 4.78 is 1.77. The maximum absolute atomic E-state index is 13.0. The normalized spacial score (nSPS) is 14.0. The third kappa shape index (κ3) is 3.03. The number of benzene rings is 2. The molecule has 6 heteroatoms. The number of hydrogen-bond donors (Lipinski definition) is 0. The average molecular weight is 400 g/mol. The van der Waals surface area contributed by atoms with Gasteiger partial charge < -0.3 is 4.90 Å². The van der Waals surface area contributed by atoms with Crippen molar-refractivity contribution < 1.29 is 4.79 Å². The number of halogens is 2. The number of amides is 1. The Bertz CT molecular complexity index is 1030. The van der Waals surface area contributed by atoms with E-state index in [1.165, 1.54) is 0 Å². The quantitative estimate of drug-likeness (QED) is 0.562. The zero-order valence-electron chi connectivity index (χ0n) is 15.3. The van der Waals surface area contributed by atoms with Gasteiger partial charge in [0, 0.05) is 21.7 Å². The molecule has 3 aromatic rings. The molecule has 1 amide bonds. The van der Waals surface area contributed by atoms with Gasteiger partial charge in [0.15, 0.2) is 5.69 Å². The molecule has 1 aliphatic heterocycles. The van der Waals surface area contributed by atoms with E-state index >= 15 is 0 Å². The topological polar surface area (TPSA) is 38.1 Å². The molecule has 0 bridgehead atoms. The molecule has 0 saturated carbocycles. The summed E-state index contributed by atoms with van der Waals surface area (Å²) in [6, 6.07) is 15.1. The minimum absolute atomic E-state index is 0.0569. The Morgan fingerprint density at radius 2 is 1.67 bits per heavy atom. The van der Waals surface area contributed by atoms with Crippen molar-refractivity contribution in [3.63, 3.8) is 0 Å². The number of rotatable bonds is 2. The van der Waals surface area contributed by atoms with Crippen LogP contribution in [0.1, 0.15) is 36.8 Å². The monoisotopic (exact) mass is 399 g/mol. The fraction of sp³-hybridized carbons (Fsp3) is 0.238. The van der Waals surface area contributed by atoms with Crippen molar-refractivity contribution >= 4 is 29.1 Å². The molecule has 0 fully saturated rings. The predicted octanol–water partition coefficient (Wildman–Crippen LogP) is 5.60. The second-order valence-corrected chi connectivity index (χ2v) is 8.45. The largest absolute Gasteiger partial charge is 0.328 e. The molecule has 2 heterocycles. The van der Waals surface area contributed by atoms with Crippen LogP contribution < -0.4 is 0 Å². The molecule has 0 saturated heterocycles. The van der Waals surface area contributed by atoms with Gasteiger partial charge in [0.1, 0.15) is 0 Å². The lowest BCUT2D eigenvalue weighted by Crippen LogP contribution is -2.41. The van der Waals surface area contributed by atoms with Gasteiger partial charge in [-0.2, -0.15) is 5.10 Å². The second kappa shape index (κ2) is 6.39. The Kier molecular flexibility index (Phi) is 4.28. The lowest BCUT2D eigenvalue weighted by atomic mass is 10.1. The summed E-state index contributed by atoms with van der Waals surface area (Å²) >= 11 is 12.5. The lowest BCUT2D eigenvalue weighted by molar-refractivity contribution is 0.0603. The van der Waals surface area contributed by atoms with Gasteiger partial charge in [-0.05, 0) is 45.0 Å². The van der Waals surface area contributed by atoms with Gasteiger partial charge >= 0.3 is 0 Å². The van der Waals surface area contributed by atoms with Gasteiger partial charge in [0.2, 0.25) is 0 Å². The van der Waals surface area contributed by atoms with Crippen LogP contribution in [-0.2, 0) is 6.54 Å². The number of carbonyl (C=O) groups excluding carboxylic acids is 1. The highest BCUT2D eigenvalue weighted by molar-refractivity contribution is 6.32. The molecule has 0 N–H and O–H groups in total. The van der Waals surface area contributed by atoms with Gasteiger partial charge in [-0.3, -0.25) is 4.79 Å². The van der Waals surface area contributed by atoms with Crippen molar-refractivity contribution in [2.75, 3.05) is 0 Å². The first-order valence-corrected chi connectivity index (χ1v) is 9.47. The zero-order chi connectivity index (χ0) is 19.3. The number of aromatic nitrogens is 2. The van der Waals surface area contributed by atoms with Crippen LogP contribution in [0.25, 0.3) is 16.9 Å². The SMILES string of the molecule is CC(C)(C)N1Cc2c(nn(-c3ccccc3Cl)c2-c2ccc(Cl)cc2)C1=O. The van der Waals surface area contributed by atoms with Gasteiger partial charge in [0.25, 0.3) is 5.91 Å². The molecule has 4 rings (SSSR count). The summed E-state index contributed by atoms with van der Waals surface area (Å²) in [7, 11) is 0. The maximum atomic E-state index is 13.0. The van der Waals surface area contributed by atoms with Crippen LogP contribution in [0.15, 0.2) is 48.5 Å². The van der Waals surface area contributed by atoms with E-state index in [9.17, 15) is 4.79 Å². The summed E-state index contributed by atoms with van der Waals surface area (Å²) in [6.45, 7) is 6.60. The molecular formula is C21H19Cl2N3O. The van der Waals surface area contributed by atoms with Crippen molar-refractivity contribution in [3.8, 4) is 16.9 Å². The maximum Gasteiger partial charge on any atom is 0.275 e. The van der Waals surface area contributed by atoms with Gasteiger partial charge in [-0.25, -0.2) is 4.68 Å². The number of carbonyl (C=O) groups is 1. The van der Waals surface area contributed by atoms with E-state index < -0.39 is 0 Å². The van der Waals surface area contributed by atoms with Crippen LogP contribution in [0, 0.1) is 0 Å². The van der Waals surface area contributed by atoms with Gasteiger partial charge in [-0.15, -0.1) is 0 Å². The third-order valence-corrected chi connectivity index (χ3v) is 5.33. The first-order chi connectivity index (χ1) is 12.8. The number of hydrogen-bond acceptors (Lipinski definition) is 2. The third-order valence-electron chi connectivity index (χ3n) is 4.76. The van der Waals surface area contributed by atoms with E-state index in [2.05, 4.69) is 5.10 Å². The van der Waals surface area contributed by atoms with Gasteiger partial charge in [0.05, 0.1) is 22.9 Å². The molecule has 27 heavy (non-hydrogen) atoms. The Morgan fingerprint density at radius 1 is 1.00 bits per heavy atom. The van der Waals surface area contributed by atoms with Crippen molar-refractivity contribution in [3.05, 3.63) is 69.8 Å². The minimum Gasteiger partial charge on any atom is -0.328 e. The van der Waals surface area contributed by atoms with Crippen LogP contribution in [0.3, 0.4) is 0 Å². The van der Waals surface area contributed by atoms with Crippen LogP contribution >= 0.6 is 23.2 Å². The molecule has 0 radical (unpaired) electrons. The number of fused-ring (bicyclic) bond motifs is 1. The van der Waals surface area contributed by atoms with Crippen molar-refractivity contribution in [2.24, 2.45) is 0 Å². The molecule has 0 unspecified atom stereocenters. The van der Waals surface area contributed by atoms with Crippen LogP contribution in [-0.4, -0.2) is 26.1 Å². The molecule has 2 aromatic carbocycles. The predicted molar refractivity (Wildman–Crippen MR) is 109 cm³/mol. The lowest BCUT2D eigenvalue weighted by Gasteiger charge is -2.31. The second-order valence-electron chi connectivity index (χ2n) is 7.61. The molecule has 1 aliphatic rings. The summed E-state index contributed by atoms with van der Waals surface area (Å²) in [5.41, 5.74) is 3.67. The fourth-order valence-electron chi connectivity index (χ4n) is 3.37. The van der Waals surface area contributed by atoms with Crippen LogP contribution in [0.4, 0.5) is 0 Å². The summed E-state index contributed by atoms with van der Waals surface area (Å²) in [4.78, 5) is 14.9. The highest BCUT2D eigenvalue weighted by atomic mass is 35.5. The first kappa shape index (κ1) is 18.1. The molecule has 1 aromatic heterocycles. The van der Waals surface area contributed by atoms with Crippen molar-refractivity contribution in [1.29, 1.82) is 0 Å². The average Bonchev–Trinajstić information content (AvgIpc) is 3.13. The molecule has 0 aliphatic carbocycles.